The van der Waals surface area contributed by atoms with E-state index in [9.17, 15) is 0 Å². The molecular formula is C23H31N3O3S. The zero-order valence-electron chi connectivity index (χ0n) is 18.1. The fraction of sp³-hybridized carbons (Fsp3) is 0.565. The first-order valence-corrected chi connectivity index (χ1v) is 11.7. The predicted molar refractivity (Wildman–Crippen MR) is 121 cm³/mol. The van der Waals surface area contributed by atoms with Gasteiger partial charge in [-0.15, -0.1) is 11.3 Å². The van der Waals surface area contributed by atoms with Crippen molar-refractivity contribution in [3.05, 3.63) is 22.3 Å². The van der Waals surface area contributed by atoms with Gasteiger partial charge in [-0.05, 0) is 50.7 Å². The van der Waals surface area contributed by atoms with E-state index < -0.39 is 0 Å². The van der Waals surface area contributed by atoms with Crippen molar-refractivity contribution in [2.75, 3.05) is 21.3 Å². The van der Waals surface area contributed by atoms with Crippen LogP contribution in [-0.4, -0.2) is 37.8 Å². The van der Waals surface area contributed by atoms with Crippen molar-refractivity contribution < 1.29 is 14.2 Å². The van der Waals surface area contributed by atoms with Crippen molar-refractivity contribution in [2.24, 2.45) is 10.1 Å². The monoisotopic (exact) mass is 429 g/mol. The molecule has 2 aliphatic rings. The molecule has 0 spiro atoms. The molecule has 2 saturated carbocycles. The van der Waals surface area contributed by atoms with E-state index in [0.29, 0.717) is 23.3 Å². The Kier molecular flexibility index (Phi) is 6.77. The van der Waals surface area contributed by atoms with Crippen LogP contribution in [-0.2, 0) is 0 Å². The lowest BCUT2D eigenvalue weighted by atomic mass is 9.96. The third-order valence-electron chi connectivity index (χ3n) is 5.94. The third kappa shape index (κ3) is 4.41. The lowest BCUT2D eigenvalue weighted by Crippen LogP contribution is -2.19. The summed E-state index contributed by atoms with van der Waals surface area (Å²) in [6, 6.07) is 4.37. The lowest BCUT2D eigenvalue weighted by molar-refractivity contribution is 0.324. The highest BCUT2D eigenvalue weighted by atomic mass is 32.1. The van der Waals surface area contributed by atoms with Gasteiger partial charge in [-0.1, -0.05) is 19.3 Å². The molecule has 162 valence electrons. The summed E-state index contributed by atoms with van der Waals surface area (Å²) in [5.41, 5.74) is 3.24. The number of ether oxygens (including phenoxy) is 3. The molecule has 0 amide bonds. The van der Waals surface area contributed by atoms with Gasteiger partial charge in [-0.25, -0.2) is 4.68 Å². The molecule has 6 nitrogen and oxygen atoms in total. The van der Waals surface area contributed by atoms with E-state index in [0.717, 1.165) is 28.9 Å². The molecule has 0 aliphatic heterocycles. The fourth-order valence-corrected chi connectivity index (χ4v) is 5.21. The quantitative estimate of drug-likeness (QED) is 0.630. The molecule has 0 unspecified atom stereocenters. The molecule has 0 saturated heterocycles. The van der Waals surface area contributed by atoms with Crippen LogP contribution in [0.15, 0.2) is 27.6 Å². The van der Waals surface area contributed by atoms with Crippen molar-refractivity contribution in [3.8, 4) is 28.5 Å². The fourth-order valence-electron chi connectivity index (χ4n) is 4.30. The molecule has 0 atom stereocenters. The first-order chi connectivity index (χ1) is 14.7. The molecule has 0 radical (unpaired) electrons. The van der Waals surface area contributed by atoms with E-state index in [1.807, 2.05) is 16.8 Å². The van der Waals surface area contributed by atoms with E-state index in [2.05, 4.69) is 5.38 Å². The van der Waals surface area contributed by atoms with Gasteiger partial charge >= 0.3 is 0 Å². The van der Waals surface area contributed by atoms with Crippen LogP contribution < -0.4 is 19.0 Å². The Bertz CT molecular complexity index is 937. The first kappa shape index (κ1) is 21.0. The Labute approximate surface area is 182 Å². The number of hydrogen-bond acceptors (Lipinski definition) is 6. The van der Waals surface area contributed by atoms with Gasteiger partial charge in [0.05, 0.1) is 33.1 Å². The van der Waals surface area contributed by atoms with E-state index >= 15 is 0 Å². The van der Waals surface area contributed by atoms with Crippen molar-refractivity contribution in [1.82, 2.24) is 4.68 Å². The number of methoxy groups -OCH3 is 3. The van der Waals surface area contributed by atoms with E-state index in [-0.39, 0.29) is 0 Å². The van der Waals surface area contributed by atoms with Gasteiger partial charge in [0.2, 0.25) is 10.6 Å². The van der Waals surface area contributed by atoms with Crippen LogP contribution in [0.4, 0.5) is 0 Å². The minimum absolute atomic E-state index is 0.403. The summed E-state index contributed by atoms with van der Waals surface area (Å²) in [5.74, 6) is 1.88. The highest BCUT2D eigenvalue weighted by molar-refractivity contribution is 7.07. The lowest BCUT2D eigenvalue weighted by Gasteiger charge is -2.17. The number of hydrogen-bond donors (Lipinski definition) is 0. The molecule has 1 aromatic heterocycles. The SMILES string of the molecule is COc1cc(-c2csc(=NC3CCCCC3)n2N=C2CCCC2)cc(OC)c1OC. The Morgan fingerprint density at radius 1 is 0.900 bits per heavy atom. The maximum atomic E-state index is 5.57. The Morgan fingerprint density at radius 3 is 2.17 bits per heavy atom. The maximum Gasteiger partial charge on any atom is 0.206 e. The molecule has 1 heterocycles. The second-order valence-electron chi connectivity index (χ2n) is 7.92. The predicted octanol–water partition coefficient (Wildman–Crippen LogP) is 5.25. The maximum absolute atomic E-state index is 5.57. The molecule has 30 heavy (non-hydrogen) atoms. The molecule has 1 aromatic carbocycles. The zero-order chi connectivity index (χ0) is 20.9. The van der Waals surface area contributed by atoms with Crippen LogP contribution in [0.3, 0.4) is 0 Å². The van der Waals surface area contributed by atoms with Gasteiger partial charge < -0.3 is 14.2 Å². The van der Waals surface area contributed by atoms with Gasteiger partial charge in [0.25, 0.3) is 0 Å². The second-order valence-corrected chi connectivity index (χ2v) is 8.76. The highest BCUT2D eigenvalue weighted by Gasteiger charge is 2.19. The Balaban J connectivity index is 1.83. The molecule has 2 aliphatic carbocycles. The van der Waals surface area contributed by atoms with Gasteiger partial charge in [-0.3, -0.25) is 4.99 Å². The third-order valence-corrected chi connectivity index (χ3v) is 6.77. The van der Waals surface area contributed by atoms with Crippen molar-refractivity contribution >= 4 is 17.0 Å². The summed E-state index contributed by atoms with van der Waals surface area (Å²) < 4.78 is 18.7. The van der Waals surface area contributed by atoms with Crippen molar-refractivity contribution in [2.45, 2.75) is 63.8 Å². The topological polar surface area (TPSA) is 57.3 Å². The number of aromatic nitrogens is 1. The number of rotatable bonds is 6. The average molecular weight is 430 g/mol. The number of benzene rings is 1. The van der Waals surface area contributed by atoms with Gasteiger partial charge in [-0.2, -0.15) is 5.10 Å². The van der Waals surface area contributed by atoms with E-state index in [1.54, 1.807) is 32.7 Å². The Hall–Kier alpha value is -2.28. The van der Waals surface area contributed by atoms with E-state index in [1.165, 1.54) is 50.7 Å². The summed E-state index contributed by atoms with van der Waals surface area (Å²) in [5, 5.41) is 7.19. The van der Waals surface area contributed by atoms with Crippen LogP contribution >= 0.6 is 11.3 Å². The zero-order valence-corrected chi connectivity index (χ0v) is 19.0. The van der Waals surface area contributed by atoms with Gasteiger partial charge in [0.15, 0.2) is 11.5 Å². The van der Waals surface area contributed by atoms with Crippen LogP contribution in [0.2, 0.25) is 0 Å². The summed E-state index contributed by atoms with van der Waals surface area (Å²) in [7, 11) is 4.91. The minimum atomic E-state index is 0.403. The summed E-state index contributed by atoms with van der Waals surface area (Å²) in [6.45, 7) is 0. The largest absolute Gasteiger partial charge is 0.493 e. The normalized spacial score (nSPS) is 18.0. The van der Waals surface area contributed by atoms with Gasteiger partial charge in [0, 0.05) is 16.7 Å². The number of thiazole rings is 1. The first-order valence-electron chi connectivity index (χ1n) is 10.8. The van der Waals surface area contributed by atoms with Crippen molar-refractivity contribution in [1.29, 1.82) is 0 Å². The van der Waals surface area contributed by atoms with Crippen LogP contribution in [0.1, 0.15) is 57.8 Å². The van der Waals surface area contributed by atoms with Crippen molar-refractivity contribution in [3.63, 3.8) is 0 Å². The molecule has 4 rings (SSSR count). The summed E-state index contributed by atoms with van der Waals surface area (Å²) in [6.07, 6.45) is 10.8. The van der Waals surface area contributed by atoms with Crippen LogP contribution in [0.25, 0.3) is 11.3 Å². The molecule has 2 fully saturated rings. The smallest absolute Gasteiger partial charge is 0.206 e. The summed E-state index contributed by atoms with van der Waals surface area (Å²) >= 11 is 1.66. The molecule has 7 heteroatoms. The minimum Gasteiger partial charge on any atom is -0.493 e. The standard InChI is InChI=1S/C23H31N3O3S/c1-27-20-13-16(14-21(28-2)22(20)29-3)19-15-30-23(24-17-9-5-4-6-10-17)26(19)25-18-11-7-8-12-18/h13-15,17H,4-12H2,1-3H3. The van der Waals surface area contributed by atoms with Crippen LogP contribution in [0.5, 0.6) is 17.2 Å². The van der Waals surface area contributed by atoms with Gasteiger partial charge in [0.1, 0.15) is 0 Å². The Morgan fingerprint density at radius 2 is 1.57 bits per heavy atom. The molecular weight excluding hydrogens is 398 g/mol. The number of nitrogens with zero attached hydrogens (tertiary/aromatic N) is 3. The molecule has 0 N–H and O–H groups in total. The van der Waals surface area contributed by atoms with Crippen LogP contribution in [0, 0.1) is 0 Å². The molecule has 0 bridgehead atoms. The molecule has 2 aromatic rings. The summed E-state index contributed by atoms with van der Waals surface area (Å²) in [4.78, 5) is 6.09. The second kappa shape index (κ2) is 9.69. The average Bonchev–Trinajstić information content (AvgIpc) is 3.44. The highest BCUT2D eigenvalue weighted by Crippen LogP contribution is 2.41. The van der Waals surface area contributed by atoms with E-state index in [4.69, 9.17) is 24.3 Å².